The van der Waals surface area contributed by atoms with Crippen molar-refractivity contribution in [2.45, 2.75) is 6.42 Å². The summed E-state index contributed by atoms with van der Waals surface area (Å²) >= 11 is 0. The van der Waals surface area contributed by atoms with Gasteiger partial charge in [0.1, 0.15) is 11.6 Å². The number of hydrogen-bond donors (Lipinski definition) is 1. The Bertz CT molecular complexity index is 864. The monoisotopic (exact) mass is 322 g/mol. The van der Waals surface area contributed by atoms with E-state index in [-0.39, 0.29) is 5.82 Å². The van der Waals surface area contributed by atoms with Crippen LogP contribution in [0.5, 0.6) is 0 Å². The lowest BCUT2D eigenvalue weighted by molar-refractivity contribution is 0.627. The molecule has 1 aliphatic rings. The molecule has 0 radical (unpaired) electrons. The van der Waals surface area contributed by atoms with Crippen molar-refractivity contribution in [2.75, 3.05) is 30.9 Å². The fraction of sp³-hybridized carbons (Fsp3) is 0.211. The molecule has 0 bridgehead atoms. The molecule has 0 spiro atoms. The lowest BCUT2D eigenvalue weighted by atomic mass is 10.1. The van der Waals surface area contributed by atoms with Gasteiger partial charge in [-0.15, -0.1) is 0 Å². The zero-order valence-corrected chi connectivity index (χ0v) is 13.8. The van der Waals surface area contributed by atoms with Crippen LogP contribution in [0.25, 0.3) is 16.9 Å². The highest BCUT2D eigenvalue weighted by molar-refractivity contribution is 5.73. The van der Waals surface area contributed by atoms with Crippen molar-refractivity contribution < 1.29 is 4.39 Å². The summed E-state index contributed by atoms with van der Waals surface area (Å²) < 4.78 is 15.1. The molecule has 0 saturated carbocycles. The first kappa shape index (κ1) is 14.8. The van der Waals surface area contributed by atoms with Crippen LogP contribution in [-0.2, 0) is 6.42 Å². The highest BCUT2D eigenvalue weighted by Gasteiger charge is 2.23. The quantitative estimate of drug-likeness (QED) is 0.798. The second-order valence-corrected chi connectivity index (χ2v) is 6.18. The van der Waals surface area contributed by atoms with Crippen LogP contribution in [0.4, 0.5) is 15.9 Å². The summed E-state index contributed by atoms with van der Waals surface area (Å²) in [6.45, 7) is 0.900. The molecular formula is C19H19FN4. The van der Waals surface area contributed by atoms with Crippen LogP contribution >= 0.6 is 0 Å². The Morgan fingerprint density at radius 2 is 1.75 bits per heavy atom. The van der Waals surface area contributed by atoms with Crippen molar-refractivity contribution in [2.24, 2.45) is 0 Å². The minimum absolute atomic E-state index is 0.241. The van der Waals surface area contributed by atoms with E-state index in [0.29, 0.717) is 0 Å². The average molecular weight is 322 g/mol. The molecule has 122 valence electrons. The fourth-order valence-corrected chi connectivity index (χ4v) is 3.09. The number of halogens is 1. The summed E-state index contributed by atoms with van der Waals surface area (Å²) in [6.07, 6.45) is 0.946. The predicted molar refractivity (Wildman–Crippen MR) is 95.5 cm³/mol. The molecule has 0 amide bonds. The van der Waals surface area contributed by atoms with Crippen LogP contribution in [0.3, 0.4) is 0 Å². The molecule has 0 fully saturated rings. The van der Waals surface area contributed by atoms with E-state index in [1.165, 1.54) is 17.7 Å². The van der Waals surface area contributed by atoms with E-state index >= 15 is 0 Å². The Morgan fingerprint density at radius 1 is 1.04 bits per heavy atom. The number of nitrogens with zero attached hydrogens (tertiary/aromatic N) is 3. The summed E-state index contributed by atoms with van der Waals surface area (Å²) in [6, 6.07) is 14.8. The van der Waals surface area contributed by atoms with Gasteiger partial charge in [0.15, 0.2) is 0 Å². The molecule has 4 rings (SSSR count). The van der Waals surface area contributed by atoms with Gasteiger partial charge in [0.2, 0.25) is 0 Å². The minimum atomic E-state index is -0.241. The van der Waals surface area contributed by atoms with Gasteiger partial charge in [-0.2, -0.15) is 5.10 Å². The van der Waals surface area contributed by atoms with Crippen molar-refractivity contribution in [3.8, 4) is 16.9 Å². The number of hydrogen-bond acceptors (Lipinski definition) is 3. The molecule has 4 nitrogen and oxygen atoms in total. The van der Waals surface area contributed by atoms with Crippen LogP contribution in [0, 0.1) is 5.82 Å². The summed E-state index contributed by atoms with van der Waals surface area (Å²) in [5, 5.41) is 8.19. The number of nitrogens with one attached hydrogen (secondary N) is 1. The minimum Gasteiger partial charge on any atom is -0.378 e. The van der Waals surface area contributed by atoms with E-state index < -0.39 is 0 Å². The Kier molecular flexibility index (Phi) is 3.49. The largest absolute Gasteiger partial charge is 0.378 e. The van der Waals surface area contributed by atoms with Crippen LogP contribution in [0.15, 0.2) is 48.5 Å². The van der Waals surface area contributed by atoms with Gasteiger partial charge in [-0.3, -0.25) is 0 Å². The van der Waals surface area contributed by atoms with Gasteiger partial charge >= 0.3 is 0 Å². The zero-order valence-electron chi connectivity index (χ0n) is 13.8. The molecule has 1 N–H and O–H groups in total. The standard InChI is InChI=1S/C19H19FN4/c1-23(2)15-7-3-13(4-8-15)18-17-11-12-21-19(17)24(22-18)16-9-5-14(20)6-10-16/h3-10,21H,11-12H2,1-2H3. The molecule has 2 heterocycles. The Labute approximate surface area is 140 Å². The SMILES string of the molecule is CN(C)c1ccc(-c2nn(-c3ccc(F)cc3)c3c2CCN3)cc1. The summed E-state index contributed by atoms with van der Waals surface area (Å²) in [7, 11) is 4.06. The van der Waals surface area contributed by atoms with E-state index in [0.717, 1.165) is 41.4 Å². The van der Waals surface area contributed by atoms with Gasteiger partial charge in [-0.1, -0.05) is 12.1 Å². The van der Waals surface area contributed by atoms with Gasteiger partial charge < -0.3 is 10.2 Å². The zero-order chi connectivity index (χ0) is 16.7. The molecule has 1 aromatic heterocycles. The lowest BCUT2D eigenvalue weighted by Crippen LogP contribution is -2.08. The third-order valence-electron chi connectivity index (χ3n) is 4.38. The van der Waals surface area contributed by atoms with E-state index in [4.69, 9.17) is 5.10 Å². The summed E-state index contributed by atoms with van der Waals surface area (Å²) in [5.41, 5.74) is 5.33. The molecule has 0 aliphatic carbocycles. The van der Waals surface area contributed by atoms with Gasteiger partial charge in [-0.25, -0.2) is 9.07 Å². The molecule has 0 saturated heterocycles. The van der Waals surface area contributed by atoms with Crippen LogP contribution in [0.2, 0.25) is 0 Å². The maximum atomic E-state index is 13.2. The Morgan fingerprint density at radius 3 is 2.42 bits per heavy atom. The number of benzene rings is 2. The van der Waals surface area contributed by atoms with Crippen LogP contribution in [-0.4, -0.2) is 30.4 Å². The number of aromatic nitrogens is 2. The molecule has 5 heteroatoms. The number of rotatable bonds is 3. The van der Waals surface area contributed by atoms with E-state index in [9.17, 15) is 4.39 Å². The molecule has 2 aromatic carbocycles. The average Bonchev–Trinajstić information content (AvgIpc) is 3.18. The topological polar surface area (TPSA) is 33.1 Å². The molecule has 1 aliphatic heterocycles. The van der Waals surface area contributed by atoms with Gasteiger partial charge in [-0.05, 0) is 42.8 Å². The van der Waals surface area contributed by atoms with Crippen molar-refractivity contribution >= 4 is 11.5 Å². The lowest BCUT2D eigenvalue weighted by Gasteiger charge is -2.12. The first-order valence-electron chi connectivity index (χ1n) is 8.03. The van der Waals surface area contributed by atoms with Crippen LogP contribution < -0.4 is 10.2 Å². The Balaban J connectivity index is 1.80. The van der Waals surface area contributed by atoms with Crippen molar-refractivity contribution in [1.82, 2.24) is 9.78 Å². The van der Waals surface area contributed by atoms with E-state index in [1.807, 2.05) is 18.8 Å². The molecule has 0 unspecified atom stereocenters. The van der Waals surface area contributed by atoms with E-state index in [1.54, 1.807) is 12.1 Å². The van der Waals surface area contributed by atoms with Crippen molar-refractivity contribution in [3.05, 3.63) is 59.9 Å². The third kappa shape index (κ3) is 2.42. The maximum Gasteiger partial charge on any atom is 0.133 e. The maximum absolute atomic E-state index is 13.2. The van der Waals surface area contributed by atoms with Crippen molar-refractivity contribution in [1.29, 1.82) is 0 Å². The van der Waals surface area contributed by atoms with Gasteiger partial charge in [0.25, 0.3) is 0 Å². The number of fused-ring (bicyclic) bond motifs is 1. The number of anilines is 2. The summed E-state index contributed by atoms with van der Waals surface area (Å²) in [5.74, 6) is 0.767. The second kappa shape index (κ2) is 5.67. The summed E-state index contributed by atoms with van der Waals surface area (Å²) in [4.78, 5) is 2.08. The normalized spacial score (nSPS) is 12.8. The smallest absolute Gasteiger partial charge is 0.133 e. The predicted octanol–water partition coefficient (Wildman–Crippen LogP) is 3.71. The fourth-order valence-electron chi connectivity index (χ4n) is 3.09. The second-order valence-electron chi connectivity index (χ2n) is 6.18. The highest BCUT2D eigenvalue weighted by atomic mass is 19.1. The molecule has 0 atom stereocenters. The first-order valence-corrected chi connectivity index (χ1v) is 8.03. The van der Waals surface area contributed by atoms with Gasteiger partial charge in [0, 0.05) is 37.5 Å². The third-order valence-corrected chi connectivity index (χ3v) is 4.38. The van der Waals surface area contributed by atoms with E-state index in [2.05, 4.69) is 34.5 Å². The first-order chi connectivity index (χ1) is 11.6. The molecular weight excluding hydrogens is 303 g/mol. The Hall–Kier alpha value is -2.82. The van der Waals surface area contributed by atoms with Gasteiger partial charge in [0.05, 0.1) is 11.4 Å². The molecule has 3 aromatic rings. The van der Waals surface area contributed by atoms with Crippen molar-refractivity contribution in [3.63, 3.8) is 0 Å². The molecule has 24 heavy (non-hydrogen) atoms. The highest BCUT2D eigenvalue weighted by Crippen LogP contribution is 2.35. The van der Waals surface area contributed by atoms with Crippen LogP contribution in [0.1, 0.15) is 5.56 Å².